The van der Waals surface area contributed by atoms with Gasteiger partial charge in [0.15, 0.2) is 0 Å². The first-order valence-electron chi connectivity index (χ1n) is 8.92. The summed E-state index contributed by atoms with van der Waals surface area (Å²) in [5.74, 6) is -1.34. The van der Waals surface area contributed by atoms with Crippen LogP contribution in [0.2, 0.25) is 0 Å². The summed E-state index contributed by atoms with van der Waals surface area (Å²) >= 11 is 0. The Morgan fingerprint density at radius 2 is 2.00 bits per heavy atom. The van der Waals surface area contributed by atoms with Crippen molar-refractivity contribution < 1.29 is 22.7 Å². The number of carbonyl (C=O) groups is 1. The molecule has 0 saturated carbocycles. The van der Waals surface area contributed by atoms with Gasteiger partial charge in [0.2, 0.25) is 0 Å². The van der Waals surface area contributed by atoms with Crippen LogP contribution in [0.5, 0.6) is 5.75 Å². The quantitative estimate of drug-likeness (QED) is 0.878. The standard InChI is InChI=1S/C20H19F3N2O2/c21-20(22,23)19(26)25(16-7-6-13-8-10-27-17(13)11-16)12-15-4-1-3-14-5-2-9-24-18(14)15/h1,3-4,6-7,11,24H,2,5,8-10,12H2. The van der Waals surface area contributed by atoms with E-state index < -0.39 is 12.1 Å². The number of aryl methyl sites for hydroxylation is 1. The van der Waals surface area contributed by atoms with Crippen molar-refractivity contribution in [2.45, 2.75) is 32.0 Å². The molecule has 0 atom stereocenters. The summed E-state index contributed by atoms with van der Waals surface area (Å²) in [6, 6.07) is 10.4. The molecule has 142 valence electrons. The third-order valence-corrected chi connectivity index (χ3v) is 4.97. The van der Waals surface area contributed by atoms with E-state index in [9.17, 15) is 18.0 Å². The molecule has 0 aliphatic carbocycles. The molecule has 0 spiro atoms. The lowest BCUT2D eigenvalue weighted by atomic mass is 9.99. The number of rotatable bonds is 3. The second-order valence-corrected chi connectivity index (χ2v) is 6.76. The van der Waals surface area contributed by atoms with Gasteiger partial charge in [0, 0.05) is 30.4 Å². The molecule has 4 rings (SSSR count). The van der Waals surface area contributed by atoms with Crippen molar-refractivity contribution >= 4 is 17.3 Å². The highest BCUT2D eigenvalue weighted by molar-refractivity contribution is 5.97. The van der Waals surface area contributed by atoms with Crippen LogP contribution < -0.4 is 15.0 Å². The summed E-state index contributed by atoms with van der Waals surface area (Å²) < 4.78 is 45.3. The van der Waals surface area contributed by atoms with Gasteiger partial charge >= 0.3 is 12.1 Å². The smallest absolute Gasteiger partial charge is 0.471 e. The van der Waals surface area contributed by atoms with Crippen LogP contribution in [-0.4, -0.2) is 25.2 Å². The van der Waals surface area contributed by atoms with Crippen LogP contribution >= 0.6 is 0 Å². The van der Waals surface area contributed by atoms with E-state index in [0.717, 1.165) is 47.5 Å². The molecule has 0 bridgehead atoms. The van der Waals surface area contributed by atoms with Gasteiger partial charge in [-0.3, -0.25) is 9.69 Å². The first kappa shape index (κ1) is 17.7. The Morgan fingerprint density at radius 1 is 1.15 bits per heavy atom. The highest BCUT2D eigenvalue weighted by atomic mass is 19.4. The van der Waals surface area contributed by atoms with Crippen molar-refractivity contribution in [3.8, 4) is 5.75 Å². The molecule has 0 aromatic heterocycles. The van der Waals surface area contributed by atoms with Gasteiger partial charge in [-0.1, -0.05) is 24.3 Å². The van der Waals surface area contributed by atoms with E-state index in [2.05, 4.69) is 5.32 Å². The van der Waals surface area contributed by atoms with Crippen molar-refractivity contribution in [2.75, 3.05) is 23.4 Å². The Labute approximate surface area is 154 Å². The fourth-order valence-corrected chi connectivity index (χ4v) is 3.64. The van der Waals surface area contributed by atoms with Crippen LogP contribution in [0.4, 0.5) is 24.5 Å². The van der Waals surface area contributed by atoms with Crippen molar-refractivity contribution in [1.29, 1.82) is 0 Å². The zero-order chi connectivity index (χ0) is 19.0. The number of para-hydroxylation sites is 1. The van der Waals surface area contributed by atoms with Gasteiger partial charge < -0.3 is 10.1 Å². The van der Waals surface area contributed by atoms with Gasteiger partial charge in [-0.05, 0) is 35.6 Å². The average molecular weight is 376 g/mol. The number of nitrogens with zero attached hydrogens (tertiary/aromatic N) is 1. The summed E-state index contributed by atoms with van der Waals surface area (Å²) in [6.45, 7) is 1.11. The normalized spacial score (nSPS) is 15.4. The lowest BCUT2D eigenvalue weighted by molar-refractivity contribution is -0.170. The molecule has 7 heteroatoms. The summed E-state index contributed by atoms with van der Waals surface area (Å²) in [4.78, 5) is 13.0. The summed E-state index contributed by atoms with van der Waals surface area (Å²) in [6.07, 6.45) is -2.39. The second-order valence-electron chi connectivity index (χ2n) is 6.76. The first-order chi connectivity index (χ1) is 12.9. The predicted octanol–water partition coefficient (Wildman–Crippen LogP) is 4.08. The Kier molecular flexibility index (Phi) is 4.45. The number of benzene rings is 2. The van der Waals surface area contributed by atoms with Crippen LogP contribution in [0.1, 0.15) is 23.1 Å². The SMILES string of the molecule is O=C(N(Cc1cccc2c1NCCC2)c1ccc2c(c1)OCC2)C(F)(F)F. The summed E-state index contributed by atoms with van der Waals surface area (Å²) in [7, 11) is 0. The Hall–Kier alpha value is -2.70. The van der Waals surface area contributed by atoms with E-state index in [1.807, 2.05) is 12.1 Å². The molecule has 27 heavy (non-hydrogen) atoms. The topological polar surface area (TPSA) is 41.6 Å². The molecule has 4 nitrogen and oxygen atoms in total. The minimum absolute atomic E-state index is 0.159. The molecule has 0 saturated heterocycles. The highest BCUT2D eigenvalue weighted by Crippen LogP contribution is 2.34. The largest absolute Gasteiger partial charge is 0.493 e. The maximum absolute atomic E-state index is 13.3. The van der Waals surface area contributed by atoms with Gasteiger partial charge in [-0.2, -0.15) is 13.2 Å². The first-order valence-corrected chi connectivity index (χ1v) is 8.92. The van der Waals surface area contributed by atoms with Crippen LogP contribution in [0.15, 0.2) is 36.4 Å². The van der Waals surface area contributed by atoms with Gasteiger partial charge in [0.05, 0.1) is 13.2 Å². The van der Waals surface area contributed by atoms with Crippen LogP contribution in [0, 0.1) is 0 Å². The molecular weight excluding hydrogens is 357 g/mol. The highest BCUT2D eigenvalue weighted by Gasteiger charge is 2.43. The lowest BCUT2D eigenvalue weighted by Crippen LogP contribution is -2.41. The van der Waals surface area contributed by atoms with Gasteiger partial charge in [0.1, 0.15) is 5.75 Å². The number of amides is 1. The number of hydrogen-bond acceptors (Lipinski definition) is 3. The van der Waals surface area contributed by atoms with Crippen molar-refractivity contribution in [3.63, 3.8) is 0 Å². The van der Waals surface area contributed by atoms with Crippen LogP contribution in [0.3, 0.4) is 0 Å². The Balaban J connectivity index is 1.72. The Bertz CT molecular complexity index is 880. The summed E-state index contributed by atoms with van der Waals surface area (Å²) in [5.41, 5.74) is 3.70. The molecular formula is C20H19F3N2O2. The summed E-state index contributed by atoms with van der Waals surface area (Å²) in [5, 5.41) is 3.26. The Morgan fingerprint density at radius 3 is 2.81 bits per heavy atom. The van der Waals surface area contributed by atoms with Gasteiger partial charge in [0.25, 0.3) is 0 Å². The predicted molar refractivity (Wildman–Crippen MR) is 96.1 cm³/mol. The van der Waals surface area contributed by atoms with E-state index >= 15 is 0 Å². The molecule has 0 fully saturated rings. The zero-order valence-electron chi connectivity index (χ0n) is 14.6. The third kappa shape index (κ3) is 3.46. The molecule has 2 aromatic rings. The number of hydrogen-bond donors (Lipinski definition) is 1. The maximum Gasteiger partial charge on any atom is 0.471 e. The van der Waals surface area contributed by atoms with Crippen LogP contribution in [-0.2, 0) is 24.2 Å². The van der Waals surface area contributed by atoms with E-state index in [0.29, 0.717) is 17.9 Å². The van der Waals surface area contributed by atoms with E-state index in [1.165, 1.54) is 6.07 Å². The second kappa shape index (κ2) is 6.79. The van der Waals surface area contributed by atoms with Gasteiger partial charge in [-0.15, -0.1) is 0 Å². The molecule has 1 amide bonds. The monoisotopic (exact) mass is 376 g/mol. The molecule has 1 N–H and O–H groups in total. The van der Waals surface area contributed by atoms with Crippen molar-refractivity contribution in [2.24, 2.45) is 0 Å². The molecule has 2 aliphatic rings. The number of nitrogens with one attached hydrogen (secondary N) is 1. The molecule has 0 radical (unpaired) electrons. The fourth-order valence-electron chi connectivity index (χ4n) is 3.64. The third-order valence-electron chi connectivity index (χ3n) is 4.97. The number of alkyl halides is 3. The number of halogens is 3. The average Bonchev–Trinajstić information content (AvgIpc) is 3.12. The minimum Gasteiger partial charge on any atom is -0.493 e. The minimum atomic E-state index is -4.96. The molecule has 2 aliphatic heterocycles. The zero-order valence-corrected chi connectivity index (χ0v) is 14.6. The van der Waals surface area contributed by atoms with Crippen molar-refractivity contribution in [3.05, 3.63) is 53.1 Å². The van der Waals surface area contributed by atoms with E-state index in [4.69, 9.17) is 4.74 Å². The fraction of sp³-hybridized carbons (Fsp3) is 0.350. The number of carbonyl (C=O) groups excluding carboxylic acids is 1. The van der Waals surface area contributed by atoms with E-state index in [-0.39, 0.29) is 12.2 Å². The van der Waals surface area contributed by atoms with Crippen LogP contribution in [0.25, 0.3) is 0 Å². The number of anilines is 2. The molecule has 0 unspecified atom stereocenters. The number of fused-ring (bicyclic) bond motifs is 2. The molecule has 2 aromatic carbocycles. The lowest BCUT2D eigenvalue weighted by Gasteiger charge is -2.27. The maximum atomic E-state index is 13.3. The number of ether oxygens (including phenoxy) is 1. The molecule has 2 heterocycles. The van der Waals surface area contributed by atoms with Crippen molar-refractivity contribution in [1.82, 2.24) is 0 Å². The van der Waals surface area contributed by atoms with E-state index in [1.54, 1.807) is 18.2 Å². The van der Waals surface area contributed by atoms with Gasteiger partial charge in [-0.25, -0.2) is 0 Å².